The lowest BCUT2D eigenvalue weighted by Gasteiger charge is -2.61. The highest BCUT2D eigenvalue weighted by molar-refractivity contribution is 9.10. The minimum absolute atomic E-state index is 0.0166. The van der Waals surface area contributed by atoms with Gasteiger partial charge in [-0.25, -0.2) is 0 Å². The van der Waals surface area contributed by atoms with Crippen molar-refractivity contribution in [2.45, 2.75) is 44.8 Å². The number of halogens is 1. The predicted molar refractivity (Wildman–Crippen MR) is 100 cm³/mol. The lowest BCUT2D eigenvalue weighted by atomic mass is 9.51. The molecule has 1 heterocycles. The number of carbonyl (C=O) groups excluding carboxylic acids is 2. The molecule has 4 rings (SSSR count). The first kappa shape index (κ1) is 17.8. The van der Waals surface area contributed by atoms with Crippen LogP contribution in [0.1, 0.15) is 32.6 Å². The first-order chi connectivity index (χ1) is 12.5. The molecule has 2 fully saturated rings. The highest BCUT2D eigenvalue weighted by Crippen LogP contribution is 2.57. The number of hydrogen-bond acceptors (Lipinski definition) is 4. The van der Waals surface area contributed by atoms with Gasteiger partial charge in [0, 0.05) is 22.5 Å². The third-order valence-electron chi connectivity index (χ3n) is 5.94. The summed E-state index contributed by atoms with van der Waals surface area (Å²) in [5.74, 6) is 0.289. The Morgan fingerprint density at radius 1 is 1.46 bits per heavy atom. The van der Waals surface area contributed by atoms with Gasteiger partial charge in [-0.1, -0.05) is 22.4 Å². The third-order valence-corrected chi connectivity index (χ3v) is 6.43. The average molecular weight is 423 g/mol. The number of nitrogens with zero attached hydrogens (tertiary/aromatic N) is 1. The van der Waals surface area contributed by atoms with Crippen molar-refractivity contribution < 1.29 is 19.1 Å². The summed E-state index contributed by atoms with van der Waals surface area (Å²) >= 11 is 3.40. The summed E-state index contributed by atoms with van der Waals surface area (Å²) in [5.41, 5.74) is 0.752. The van der Waals surface area contributed by atoms with Gasteiger partial charge in [0.15, 0.2) is 6.61 Å². The van der Waals surface area contributed by atoms with Crippen molar-refractivity contribution in [2.24, 2.45) is 5.41 Å². The molecule has 1 aromatic carbocycles. The zero-order valence-electron chi connectivity index (χ0n) is 14.8. The van der Waals surface area contributed by atoms with Crippen molar-refractivity contribution >= 4 is 33.4 Å². The van der Waals surface area contributed by atoms with Crippen LogP contribution in [0.25, 0.3) is 0 Å². The van der Waals surface area contributed by atoms with Crippen molar-refractivity contribution in [3.8, 4) is 5.75 Å². The third kappa shape index (κ3) is 2.91. The Bertz CT molecular complexity index is 734. The second-order valence-electron chi connectivity index (χ2n) is 7.27. The molecule has 0 aromatic heterocycles. The molecule has 1 N–H and O–H groups in total. The molecule has 0 saturated heterocycles. The Morgan fingerprint density at radius 3 is 2.96 bits per heavy atom. The first-order valence-electron chi connectivity index (χ1n) is 9.17. The molecule has 0 unspecified atom stereocenters. The van der Waals surface area contributed by atoms with Gasteiger partial charge in [-0.2, -0.15) is 0 Å². The van der Waals surface area contributed by atoms with Gasteiger partial charge in [0.2, 0.25) is 5.91 Å². The van der Waals surface area contributed by atoms with Crippen LogP contribution >= 0.6 is 15.9 Å². The van der Waals surface area contributed by atoms with Crippen LogP contribution in [-0.4, -0.2) is 43.7 Å². The van der Waals surface area contributed by atoms with E-state index in [9.17, 15) is 9.59 Å². The molecule has 140 valence electrons. The van der Waals surface area contributed by atoms with Gasteiger partial charge in [-0.05, 0) is 44.4 Å². The molecule has 0 bridgehead atoms. The number of hydrogen-bond donors (Lipinski definition) is 1. The molecule has 1 aliphatic heterocycles. The number of benzene rings is 1. The molecule has 3 aliphatic rings. The van der Waals surface area contributed by atoms with Crippen LogP contribution in [0.4, 0.5) is 5.69 Å². The second-order valence-corrected chi connectivity index (χ2v) is 8.18. The fraction of sp³-hybridized carbons (Fsp3) is 0.579. The van der Waals surface area contributed by atoms with E-state index in [0.29, 0.717) is 18.0 Å². The van der Waals surface area contributed by atoms with Gasteiger partial charge < -0.3 is 14.8 Å². The largest absolute Gasteiger partial charge is 0.482 e. The number of rotatable bonds is 5. The van der Waals surface area contributed by atoms with E-state index in [4.69, 9.17) is 9.47 Å². The maximum absolute atomic E-state index is 12.6. The zero-order valence-corrected chi connectivity index (χ0v) is 16.4. The van der Waals surface area contributed by atoms with Crippen LogP contribution < -0.4 is 15.0 Å². The van der Waals surface area contributed by atoms with E-state index in [1.807, 2.05) is 19.1 Å². The molecular weight excluding hydrogens is 400 g/mol. The highest BCUT2D eigenvalue weighted by Gasteiger charge is 2.59. The van der Waals surface area contributed by atoms with Crippen LogP contribution in [0, 0.1) is 5.41 Å². The summed E-state index contributed by atoms with van der Waals surface area (Å²) in [4.78, 5) is 26.4. The maximum atomic E-state index is 12.6. The minimum Gasteiger partial charge on any atom is -0.482 e. The molecule has 2 atom stereocenters. The van der Waals surface area contributed by atoms with E-state index >= 15 is 0 Å². The van der Waals surface area contributed by atoms with Crippen LogP contribution in [0.5, 0.6) is 5.75 Å². The smallest absolute Gasteiger partial charge is 0.265 e. The van der Waals surface area contributed by atoms with Gasteiger partial charge in [0.05, 0.1) is 11.8 Å². The Kier molecular flexibility index (Phi) is 4.69. The fourth-order valence-corrected chi connectivity index (χ4v) is 4.72. The van der Waals surface area contributed by atoms with E-state index < -0.39 is 0 Å². The first-order valence-corrected chi connectivity index (χ1v) is 9.96. The maximum Gasteiger partial charge on any atom is 0.265 e. The van der Waals surface area contributed by atoms with E-state index in [0.717, 1.165) is 23.7 Å². The number of amides is 2. The molecule has 26 heavy (non-hydrogen) atoms. The molecule has 6 nitrogen and oxygen atoms in total. The molecule has 1 spiro atoms. The zero-order chi connectivity index (χ0) is 18.3. The van der Waals surface area contributed by atoms with Crippen molar-refractivity contribution in [3.63, 3.8) is 0 Å². The summed E-state index contributed by atoms with van der Waals surface area (Å²) in [7, 11) is 0. The predicted octanol–water partition coefficient (Wildman–Crippen LogP) is 2.64. The van der Waals surface area contributed by atoms with Crippen molar-refractivity contribution in [3.05, 3.63) is 22.7 Å². The Morgan fingerprint density at radius 2 is 2.27 bits per heavy atom. The normalized spacial score (nSPS) is 25.8. The summed E-state index contributed by atoms with van der Waals surface area (Å²) in [6.45, 7) is 2.69. The van der Waals surface area contributed by atoms with Crippen molar-refractivity contribution in [1.82, 2.24) is 5.32 Å². The van der Waals surface area contributed by atoms with Crippen LogP contribution in [-0.2, 0) is 14.3 Å². The number of nitrogens with one attached hydrogen (secondary N) is 1. The van der Waals surface area contributed by atoms with E-state index in [1.54, 1.807) is 6.07 Å². The van der Waals surface area contributed by atoms with Crippen molar-refractivity contribution in [1.29, 1.82) is 0 Å². The van der Waals surface area contributed by atoms with Crippen LogP contribution in [0.3, 0.4) is 0 Å². The lowest BCUT2D eigenvalue weighted by molar-refractivity contribution is -0.175. The molecule has 2 amide bonds. The molecular formula is C19H23BrN2O4. The Hall–Kier alpha value is -1.60. The molecule has 7 heteroatoms. The quantitative estimate of drug-likeness (QED) is 0.791. The van der Waals surface area contributed by atoms with E-state index in [-0.39, 0.29) is 42.5 Å². The average Bonchev–Trinajstić information content (AvgIpc) is 2.55. The van der Waals surface area contributed by atoms with E-state index in [2.05, 4.69) is 21.2 Å². The number of ether oxygens (including phenoxy) is 2. The van der Waals surface area contributed by atoms with Gasteiger partial charge in [0.1, 0.15) is 12.3 Å². The lowest BCUT2D eigenvalue weighted by Crippen LogP contribution is -2.68. The topological polar surface area (TPSA) is 67.9 Å². The summed E-state index contributed by atoms with van der Waals surface area (Å²) < 4.78 is 12.2. The summed E-state index contributed by atoms with van der Waals surface area (Å²) in [6.07, 6.45) is 4.53. The van der Waals surface area contributed by atoms with Gasteiger partial charge in [-0.15, -0.1) is 0 Å². The summed E-state index contributed by atoms with van der Waals surface area (Å²) in [5, 5.41) is 3.14. The van der Waals surface area contributed by atoms with Gasteiger partial charge in [-0.3, -0.25) is 14.5 Å². The molecule has 0 radical (unpaired) electrons. The number of fused-ring (bicyclic) bond motifs is 1. The number of carbonyl (C=O) groups is 2. The van der Waals surface area contributed by atoms with Crippen molar-refractivity contribution in [2.75, 3.05) is 24.7 Å². The van der Waals surface area contributed by atoms with Crippen LogP contribution in [0.2, 0.25) is 0 Å². The molecule has 1 aromatic rings. The Labute approximate surface area is 161 Å². The summed E-state index contributed by atoms with van der Waals surface area (Å²) in [6, 6.07) is 5.61. The molecule has 2 aliphatic carbocycles. The van der Waals surface area contributed by atoms with Crippen LogP contribution in [0.15, 0.2) is 22.7 Å². The fourth-order valence-electron chi connectivity index (χ4n) is 4.38. The van der Waals surface area contributed by atoms with E-state index in [1.165, 1.54) is 11.3 Å². The minimum atomic E-state index is -0.200. The van der Waals surface area contributed by atoms with Gasteiger partial charge in [0.25, 0.3) is 5.91 Å². The Balaban J connectivity index is 1.42. The monoisotopic (exact) mass is 422 g/mol. The SMILES string of the molecule is CCO[C@H]1C[C@@H](NC(=O)CN2C(=O)COc3cc(Br)ccc32)C12CCC2. The highest BCUT2D eigenvalue weighted by atomic mass is 79.9. The van der Waals surface area contributed by atoms with Gasteiger partial charge >= 0.3 is 0 Å². The molecule has 2 saturated carbocycles. The standard InChI is InChI=1S/C19H23BrN2O4/c1-2-25-16-9-15(19(16)6-3-7-19)21-17(23)10-22-13-5-4-12(20)8-14(13)26-11-18(22)24/h4-5,8,15-16H,2-3,6-7,9-11H2,1H3,(H,21,23)/t15-,16+/m1/s1. The second kappa shape index (κ2) is 6.85. The number of anilines is 1.